The lowest BCUT2D eigenvalue weighted by Gasteiger charge is -2.37. The zero-order valence-electron chi connectivity index (χ0n) is 17.9. The monoisotopic (exact) mass is 480 g/mol. The molecule has 0 radical (unpaired) electrons. The number of ether oxygens (including phenoxy) is 2. The van der Waals surface area contributed by atoms with Crippen LogP contribution in [0.15, 0.2) is 48.5 Å². The molecule has 0 aliphatic carbocycles. The Morgan fingerprint density at radius 1 is 0.938 bits per heavy atom. The summed E-state index contributed by atoms with van der Waals surface area (Å²) in [4.78, 5) is 4.51. The maximum absolute atomic E-state index is 10.9. The van der Waals surface area contributed by atoms with Gasteiger partial charge in [0.05, 0.1) is 32.0 Å². The molecule has 2 heterocycles. The summed E-state index contributed by atoms with van der Waals surface area (Å²) in [6.07, 6.45) is -1.59. The largest absolute Gasteiger partial charge is 0.394 e. The molecule has 2 aliphatic heterocycles. The number of halogens is 2. The molecule has 0 bridgehead atoms. The fourth-order valence-electron chi connectivity index (χ4n) is 4.68. The Labute approximate surface area is 199 Å². The fourth-order valence-corrected chi connectivity index (χ4v) is 5.11. The molecule has 2 fully saturated rings. The van der Waals surface area contributed by atoms with Gasteiger partial charge in [-0.25, -0.2) is 0 Å². The van der Waals surface area contributed by atoms with E-state index in [1.807, 2.05) is 36.4 Å². The normalized spacial score (nSPS) is 26.7. The summed E-state index contributed by atoms with van der Waals surface area (Å²) in [6, 6.07) is 15.5. The maximum atomic E-state index is 10.9. The molecular weight excluding hydrogens is 451 g/mol. The van der Waals surface area contributed by atoms with E-state index in [0.29, 0.717) is 42.9 Å². The minimum atomic E-state index is -0.748. The van der Waals surface area contributed by atoms with E-state index in [1.54, 1.807) is 0 Å². The van der Waals surface area contributed by atoms with Crippen LogP contribution in [-0.2, 0) is 22.6 Å². The van der Waals surface area contributed by atoms with Gasteiger partial charge in [0.1, 0.15) is 12.2 Å². The molecule has 32 heavy (non-hydrogen) atoms. The number of aliphatic hydroxyl groups is 2. The second-order valence-electron chi connectivity index (χ2n) is 8.45. The van der Waals surface area contributed by atoms with E-state index in [-0.39, 0.29) is 18.8 Å². The number of benzene rings is 2. The Kier molecular flexibility index (Phi) is 8.43. The molecule has 0 amide bonds. The number of hydrogen-bond acceptors (Lipinski definition) is 6. The van der Waals surface area contributed by atoms with Crippen molar-refractivity contribution in [3.63, 3.8) is 0 Å². The SMILES string of the molecule is OC[C@@H]1O[C@@H](CN(Cc2cccc(Cl)c2)Cc2cccc(Cl)c2)[C@H](N2CCOCC2)[C@@H]1O. The van der Waals surface area contributed by atoms with Crippen LogP contribution in [-0.4, -0.2) is 83.8 Å². The predicted molar refractivity (Wildman–Crippen MR) is 125 cm³/mol. The summed E-state index contributed by atoms with van der Waals surface area (Å²) in [5.41, 5.74) is 2.19. The van der Waals surface area contributed by atoms with Gasteiger partial charge in [-0.1, -0.05) is 47.5 Å². The van der Waals surface area contributed by atoms with Crippen molar-refractivity contribution < 1.29 is 19.7 Å². The third kappa shape index (κ3) is 6.01. The van der Waals surface area contributed by atoms with Gasteiger partial charge in [-0.05, 0) is 35.4 Å². The number of rotatable bonds is 8. The van der Waals surface area contributed by atoms with E-state index >= 15 is 0 Å². The molecule has 8 heteroatoms. The second-order valence-corrected chi connectivity index (χ2v) is 9.33. The second kappa shape index (κ2) is 11.3. The third-order valence-corrected chi connectivity index (χ3v) is 6.61. The highest BCUT2D eigenvalue weighted by molar-refractivity contribution is 6.30. The van der Waals surface area contributed by atoms with Crippen molar-refractivity contribution in [1.82, 2.24) is 9.80 Å². The molecule has 6 nitrogen and oxygen atoms in total. The molecule has 0 spiro atoms. The van der Waals surface area contributed by atoms with Crippen LogP contribution < -0.4 is 0 Å². The van der Waals surface area contributed by atoms with Gasteiger partial charge in [0.2, 0.25) is 0 Å². The fraction of sp³-hybridized carbons (Fsp3) is 0.500. The highest BCUT2D eigenvalue weighted by Gasteiger charge is 2.46. The lowest BCUT2D eigenvalue weighted by molar-refractivity contribution is -0.0373. The zero-order valence-corrected chi connectivity index (χ0v) is 19.5. The number of hydrogen-bond donors (Lipinski definition) is 2. The summed E-state index contributed by atoms with van der Waals surface area (Å²) < 4.78 is 11.7. The minimum absolute atomic E-state index is 0.197. The molecular formula is C24H30Cl2N2O4. The minimum Gasteiger partial charge on any atom is -0.394 e. The first-order chi connectivity index (χ1) is 15.5. The highest BCUT2D eigenvalue weighted by atomic mass is 35.5. The molecule has 2 aromatic rings. The van der Waals surface area contributed by atoms with Crippen molar-refractivity contribution in [2.75, 3.05) is 39.5 Å². The van der Waals surface area contributed by atoms with E-state index < -0.39 is 12.2 Å². The smallest absolute Gasteiger partial charge is 0.109 e. The number of aliphatic hydroxyl groups excluding tert-OH is 2. The van der Waals surface area contributed by atoms with Crippen LogP contribution in [0, 0.1) is 0 Å². The van der Waals surface area contributed by atoms with Crippen LogP contribution >= 0.6 is 23.2 Å². The third-order valence-electron chi connectivity index (χ3n) is 6.14. The zero-order chi connectivity index (χ0) is 22.5. The topological polar surface area (TPSA) is 65.4 Å². The molecule has 174 valence electrons. The molecule has 2 saturated heterocycles. The first-order valence-corrected chi connectivity index (χ1v) is 11.8. The Balaban J connectivity index is 1.56. The Morgan fingerprint density at radius 2 is 1.53 bits per heavy atom. The summed E-state index contributed by atoms with van der Waals surface area (Å²) >= 11 is 12.4. The summed E-state index contributed by atoms with van der Waals surface area (Å²) in [5, 5.41) is 22.1. The van der Waals surface area contributed by atoms with Crippen LogP contribution in [0.2, 0.25) is 10.0 Å². The molecule has 0 aromatic heterocycles. The summed E-state index contributed by atoms with van der Waals surface area (Å²) in [5.74, 6) is 0. The number of morpholine rings is 1. The van der Waals surface area contributed by atoms with Gasteiger partial charge in [-0.3, -0.25) is 9.80 Å². The Morgan fingerprint density at radius 3 is 2.06 bits per heavy atom. The van der Waals surface area contributed by atoms with Gasteiger partial charge in [0, 0.05) is 42.8 Å². The van der Waals surface area contributed by atoms with Crippen LogP contribution in [0.25, 0.3) is 0 Å². The van der Waals surface area contributed by atoms with E-state index in [9.17, 15) is 10.2 Å². The summed E-state index contributed by atoms with van der Waals surface area (Å²) in [6.45, 7) is 4.47. The van der Waals surface area contributed by atoms with Crippen molar-refractivity contribution >= 4 is 23.2 Å². The predicted octanol–water partition coefficient (Wildman–Crippen LogP) is 2.82. The van der Waals surface area contributed by atoms with Crippen LogP contribution in [0.4, 0.5) is 0 Å². The molecule has 2 aliphatic rings. The van der Waals surface area contributed by atoms with E-state index in [1.165, 1.54) is 0 Å². The van der Waals surface area contributed by atoms with Gasteiger partial charge in [-0.15, -0.1) is 0 Å². The Hall–Kier alpha value is -1.22. The van der Waals surface area contributed by atoms with Crippen molar-refractivity contribution in [3.8, 4) is 0 Å². The average Bonchev–Trinajstić information content (AvgIpc) is 3.09. The highest BCUT2D eigenvalue weighted by Crippen LogP contribution is 2.28. The molecule has 4 atom stereocenters. The lowest BCUT2D eigenvalue weighted by Crippen LogP contribution is -2.54. The molecule has 2 N–H and O–H groups in total. The first-order valence-electron chi connectivity index (χ1n) is 11.0. The number of nitrogens with zero attached hydrogens (tertiary/aromatic N) is 2. The van der Waals surface area contributed by atoms with Crippen molar-refractivity contribution in [1.29, 1.82) is 0 Å². The van der Waals surface area contributed by atoms with E-state index in [2.05, 4.69) is 21.9 Å². The quantitative estimate of drug-likeness (QED) is 0.605. The molecule has 0 unspecified atom stereocenters. The van der Waals surface area contributed by atoms with Crippen molar-refractivity contribution in [2.24, 2.45) is 0 Å². The molecule has 2 aromatic carbocycles. The van der Waals surface area contributed by atoms with Gasteiger partial charge in [0.25, 0.3) is 0 Å². The Bertz CT molecular complexity index is 833. The van der Waals surface area contributed by atoms with Crippen LogP contribution in [0.3, 0.4) is 0 Å². The van der Waals surface area contributed by atoms with Gasteiger partial charge < -0.3 is 19.7 Å². The summed E-state index contributed by atoms with van der Waals surface area (Å²) in [7, 11) is 0. The van der Waals surface area contributed by atoms with Gasteiger partial charge in [0.15, 0.2) is 0 Å². The van der Waals surface area contributed by atoms with E-state index in [4.69, 9.17) is 32.7 Å². The molecule has 4 rings (SSSR count). The molecule has 0 saturated carbocycles. The average molecular weight is 481 g/mol. The maximum Gasteiger partial charge on any atom is 0.109 e. The van der Waals surface area contributed by atoms with E-state index in [0.717, 1.165) is 24.2 Å². The first kappa shape index (κ1) is 23.9. The van der Waals surface area contributed by atoms with Crippen LogP contribution in [0.5, 0.6) is 0 Å². The van der Waals surface area contributed by atoms with Gasteiger partial charge in [-0.2, -0.15) is 0 Å². The van der Waals surface area contributed by atoms with Gasteiger partial charge >= 0.3 is 0 Å². The van der Waals surface area contributed by atoms with Crippen molar-refractivity contribution in [2.45, 2.75) is 37.4 Å². The van der Waals surface area contributed by atoms with Crippen molar-refractivity contribution in [3.05, 3.63) is 69.7 Å². The lowest BCUT2D eigenvalue weighted by atomic mass is 10.0. The van der Waals surface area contributed by atoms with Crippen LogP contribution in [0.1, 0.15) is 11.1 Å². The standard InChI is InChI=1S/C24H30Cl2N2O4/c25-19-5-1-3-17(11-19)13-27(14-18-4-2-6-20(26)12-18)15-21-23(24(30)22(16-29)32-21)28-7-9-31-10-8-28/h1-6,11-12,21-24,29-30H,7-10,13-16H2/t21-,22-,23-,24+/m0/s1.